The molecule has 0 amide bonds. The Bertz CT molecular complexity index is 721. The molecular formula is C15H16N4S. The van der Waals surface area contributed by atoms with E-state index in [0.717, 1.165) is 34.7 Å². The highest BCUT2D eigenvalue weighted by Gasteiger charge is 2.11. The monoisotopic (exact) mass is 284 g/mol. The lowest BCUT2D eigenvalue weighted by Gasteiger charge is -2.07. The minimum absolute atomic E-state index is 0.817. The van der Waals surface area contributed by atoms with Crippen molar-refractivity contribution in [2.75, 3.05) is 11.9 Å². The van der Waals surface area contributed by atoms with Gasteiger partial charge in [-0.3, -0.25) is 4.98 Å². The number of aryl methyl sites for hydroxylation is 2. The van der Waals surface area contributed by atoms with Crippen LogP contribution in [-0.4, -0.2) is 21.5 Å². The molecule has 0 unspecified atom stereocenters. The lowest BCUT2D eigenvalue weighted by atomic mass is 10.2. The molecular weight excluding hydrogens is 268 g/mol. The van der Waals surface area contributed by atoms with Crippen molar-refractivity contribution in [3.8, 4) is 0 Å². The summed E-state index contributed by atoms with van der Waals surface area (Å²) in [5, 5.41) is 4.55. The maximum atomic E-state index is 4.38. The summed E-state index contributed by atoms with van der Waals surface area (Å²) in [5.74, 6) is 0.924. The maximum Gasteiger partial charge on any atom is 0.138 e. The molecule has 0 aliphatic carbocycles. The van der Waals surface area contributed by atoms with E-state index in [0.29, 0.717) is 0 Å². The van der Waals surface area contributed by atoms with Crippen LogP contribution in [0.25, 0.3) is 10.2 Å². The number of hydrogen-bond acceptors (Lipinski definition) is 5. The number of hydrogen-bond donors (Lipinski definition) is 1. The van der Waals surface area contributed by atoms with Crippen LogP contribution < -0.4 is 5.32 Å². The van der Waals surface area contributed by atoms with Gasteiger partial charge < -0.3 is 5.32 Å². The van der Waals surface area contributed by atoms with Crippen LogP contribution in [0.1, 0.15) is 16.1 Å². The first-order chi connectivity index (χ1) is 9.75. The second-order valence-electron chi connectivity index (χ2n) is 4.68. The van der Waals surface area contributed by atoms with Crippen molar-refractivity contribution in [3.05, 3.63) is 46.9 Å². The summed E-state index contributed by atoms with van der Waals surface area (Å²) in [6.07, 6.45) is 4.33. The van der Waals surface area contributed by atoms with E-state index in [1.165, 1.54) is 10.4 Å². The minimum Gasteiger partial charge on any atom is -0.369 e. The largest absolute Gasteiger partial charge is 0.369 e. The van der Waals surface area contributed by atoms with Gasteiger partial charge in [0.15, 0.2) is 0 Å². The van der Waals surface area contributed by atoms with Crippen LogP contribution in [0.2, 0.25) is 0 Å². The number of rotatable bonds is 4. The smallest absolute Gasteiger partial charge is 0.138 e. The molecule has 0 bridgehead atoms. The summed E-state index contributed by atoms with van der Waals surface area (Å²) >= 11 is 1.72. The highest BCUT2D eigenvalue weighted by Crippen LogP contribution is 2.32. The topological polar surface area (TPSA) is 50.7 Å². The molecule has 102 valence electrons. The summed E-state index contributed by atoms with van der Waals surface area (Å²) in [6, 6.07) is 5.98. The molecule has 0 atom stereocenters. The molecule has 20 heavy (non-hydrogen) atoms. The van der Waals surface area contributed by atoms with Crippen molar-refractivity contribution in [1.29, 1.82) is 0 Å². The van der Waals surface area contributed by atoms with Crippen LogP contribution in [0, 0.1) is 13.8 Å². The standard InChI is InChI=1S/C15H16N4S/c1-10-11(2)20-15-13(10)14(18-9-19-15)17-8-6-12-5-3-4-7-16-12/h3-5,7,9H,6,8H2,1-2H3,(H,17,18,19). The average molecular weight is 284 g/mol. The highest BCUT2D eigenvalue weighted by atomic mass is 32.1. The molecule has 0 aromatic carbocycles. The van der Waals surface area contributed by atoms with E-state index < -0.39 is 0 Å². The Kier molecular flexibility index (Phi) is 3.60. The Morgan fingerprint density at radius 2 is 2.05 bits per heavy atom. The van der Waals surface area contributed by atoms with Crippen LogP contribution in [0.3, 0.4) is 0 Å². The minimum atomic E-state index is 0.817. The number of nitrogens with one attached hydrogen (secondary N) is 1. The Morgan fingerprint density at radius 3 is 2.85 bits per heavy atom. The summed E-state index contributed by atoms with van der Waals surface area (Å²) in [6.45, 7) is 5.07. The maximum absolute atomic E-state index is 4.38. The van der Waals surface area contributed by atoms with E-state index in [1.807, 2.05) is 24.4 Å². The predicted molar refractivity (Wildman–Crippen MR) is 83.3 cm³/mol. The number of anilines is 1. The van der Waals surface area contributed by atoms with Crippen molar-refractivity contribution in [2.24, 2.45) is 0 Å². The molecule has 4 nitrogen and oxygen atoms in total. The fourth-order valence-electron chi connectivity index (χ4n) is 2.17. The van der Waals surface area contributed by atoms with E-state index in [4.69, 9.17) is 0 Å². The first-order valence-corrected chi connectivity index (χ1v) is 7.42. The second-order valence-corrected chi connectivity index (χ2v) is 5.89. The van der Waals surface area contributed by atoms with E-state index in [1.54, 1.807) is 17.7 Å². The third-order valence-electron chi connectivity index (χ3n) is 3.37. The van der Waals surface area contributed by atoms with Crippen molar-refractivity contribution >= 4 is 27.4 Å². The van der Waals surface area contributed by atoms with Crippen LogP contribution in [-0.2, 0) is 6.42 Å². The Balaban J connectivity index is 1.78. The van der Waals surface area contributed by atoms with Gasteiger partial charge in [-0.15, -0.1) is 11.3 Å². The van der Waals surface area contributed by atoms with Gasteiger partial charge in [0.1, 0.15) is 17.0 Å². The molecule has 0 saturated carbocycles. The Labute approximate surface area is 121 Å². The predicted octanol–water partition coefficient (Wildman–Crippen LogP) is 3.36. The molecule has 3 aromatic rings. The van der Waals surface area contributed by atoms with Crippen molar-refractivity contribution in [3.63, 3.8) is 0 Å². The molecule has 0 radical (unpaired) electrons. The molecule has 0 fully saturated rings. The molecule has 1 N–H and O–H groups in total. The second kappa shape index (κ2) is 5.54. The first-order valence-electron chi connectivity index (χ1n) is 6.60. The first kappa shape index (κ1) is 13.0. The lowest BCUT2D eigenvalue weighted by molar-refractivity contribution is 0.954. The number of pyridine rings is 1. The summed E-state index contributed by atoms with van der Waals surface area (Å²) in [5.41, 5.74) is 2.36. The molecule has 0 aliphatic rings. The number of thiophene rings is 1. The molecule has 0 spiro atoms. The molecule has 3 aromatic heterocycles. The summed E-state index contributed by atoms with van der Waals surface area (Å²) in [7, 11) is 0. The van der Waals surface area contributed by atoms with Gasteiger partial charge in [0.25, 0.3) is 0 Å². The van der Waals surface area contributed by atoms with Crippen LogP contribution in [0.4, 0.5) is 5.82 Å². The zero-order valence-electron chi connectivity index (χ0n) is 11.6. The molecule has 5 heteroatoms. The average Bonchev–Trinajstić information content (AvgIpc) is 2.76. The summed E-state index contributed by atoms with van der Waals surface area (Å²) < 4.78 is 0. The van der Waals surface area contributed by atoms with Crippen LogP contribution in [0.5, 0.6) is 0 Å². The number of aromatic nitrogens is 3. The van der Waals surface area contributed by atoms with Crippen LogP contribution in [0.15, 0.2) is 30.7 Å². The van der Waals surface area contributed by atoms with Gasteiger partial charge in [-0.05, 0) is 31.5 Å². The number of fused-ring (bicyclic) bond motifs is 1. The Hall–Kier alpha value is -2.01. The zero-order valence-corrected chi connectivity index (χ0v) is 12.4. The van der Waals surface area contributed by atoms with Gasteiger partial charge in [0, 0.05) is 29.7 Å². The normalized spacial score (nSPS) is 10.9. The van der Waals surface area contributed by atoms with Gasteiger partial charge in [-0.1, -0.05) is 6.07 Å². The fourth-order valence-corrected chi connectivity index (χ4v) is 3.17. The van der Waals surface area contributed by atoms with Gasteiger partial charge in [0.2, 0.25) is 0 Å². The molecule has 3 rings (SSSR count). The summed E-state index contributed by atoms with van der Waals surface area (Å²) in [4.78, 5) is 15.4. The molecule has 0 saturated heterocycles. The van der Waals surface area contributed by atoms with E-state index >= 15 is 0 Å². The fraction of sp³-hybridized carbons (Fsp3) is 0.267. The number of nitrogens with zero attached hydrogens (tertiary/aromatic N) is 3. The zero-order chi connectivity index (χ0) is 13.9. The lowest BCUT2D eigenvalue weighted by Crippen LogP contribution is -2.07. The highest BCUT2D eigenvalue weighted by molar-refractivity contribution is 7.18. The SMILES string of the molecule is Cc1sc2ncnc(NCCc3ccccn3)c2c1C. The van der Waals surface area contributed by atoms with Crippen molar-refractivity contribution < 1.29 is 0 Å². The van der Waals surface area contributed by atoms with E-state index in [9.17, 15) is 0 Å². The molecule has 0 aliphatic heterocycles. The third-order valence-corrected chi connectivity index (χ3v) is 4.48. The van der Waals surface area contributed by atoms with Gasteiger partial charge in [-0.25, -0.2) is 9.97 Å². The van der Waals surface area contributed by atoms with Crippen molar-refractivity contribution in [2.45, 2.75) is 20.3 Å². The van der Waals surface area contributed by atoms with Crippen LogP contribution >= 0.6 is 11.3 Å². The van der Waals surface area contributed by atoms with Gasteiger partial charge in [-0.2, -0.15) is 0 Å². The molecule has 3 heterocycles. The van der Waals surface area contributed by atoms with Gasteiger partial charge in [0.05, 0.1) is 5.39 Å². The Morgan fingerprint density at radius 1 is 1.15 bits per heavy atom. The van der Waals surface area contributed by atoms with Crippen molar-refractivity contribution in [1.82, 2.24) is 15.0 Å². The van der Waals surface area contributed by atoms with Gasteiger partial charge >= 0.3 is 0 Å². The van der Waals surface area contributed by atoms with E-state index in [2.05, 4.69) is 34.1 Å². The quantitative estimate of drug-likeness (QED) is 0.798. The third kappa shape index (κ3) is 2.49. The van der Waals surface area contributed by atoms with E-state index in [-0.39, 0.29) is 0 Å².